The number of alkyl halides is 1. The van der Waals surface area contributed by atoms with E-state index in [1.54, 1.807) is 13.0 Å². The molecule has 0 aromatic heterocycles. The summed E-state index contributed by atoms with van der Waals surface area (Å²) in [7, 11) is 0. The number of halogens is 2. The molecule has 0 bridgehead atoms. The van der Waals surface area contributed by atoms with Gasteiger partial charge in [0.1, 0.15) is 11.2 Å². The molecule has 2 nitrogen and oxygen atoms in total. The van der Waals surface area contributed by atoms with Gasteiger partial charge in [-0.1, -0.05) is 12.1 Å². The average molecular weight is 230 g/mol. The highest BCUT2D eigenvalue weighted by atomic mass is 35.5. The van der Waals surface area contributed by atoms with E-state index >= 15 is 0 Å². The number of hydrogen-bond acceptors (Lipinski definition) is 1. The molecule has 0 saturated heterocycles. The summed E-state index contributed by atoms with van der Waals surface area (Å²) in [6.07, 6.45) is 0. The molecule has 0 radical (unpaired) electrons. The molecule has 15 heavy (non-hydrogen) atoms. The van der Waals surface area contributed by atoms with Gasteiger partial charge in [0, 0.05) is 6.54 Å². The van der Waals surface area contributed by atoms with Crippen LogP contribution in [0.4, 0.5) is 4.39 Å². The van der Waals surface area contributed by atoms with Crippen molar-refractivity contribution in [2.75, 3.05) is 6.54 Å². The van der Waals surface area contributed by atoms with Crippen LogP contribution in [0.3, 0.4) is 0 Å². The van der Waals surface area contributed by atoms with E-state index in [2.05, 4.69) is 5.32 Å². The fourth-order valence-electron chi connectivity index (χ4n) is 1.24. The molecule has 1 N–H and O–H groups in total. The van der Waals surface area contributed by atoms with Crippen LogP contribution in [0, 0.1) is 12.7 Å². The summed E-state index contributed by atoms with van der Waals surface area (Å²) in [5.74, 6) is -0.552. The Kier molecular flexibility index (Phi) is 4.09. The third-order valence-electron chi connectivity index (χ3n) is 2.06. The van der Waals surface area contributed by atoms with Gasteiger partial charge >= 0.3 is 0 Å². The molecule has 1 aromatic rings. The van der Waals surface area contributed by atoms with Crippen LogP contribution in [0.15, 0.2) is 18.2 Å². The summed E-state index contributed by atoms with van der Waals surface area (Å²) < 4.78 is 13.0. The van der Waals surface area contributed by atoms with Gasteiger partial charge in [0.2, 0.25) is 5.91 Å². The first-order valence-corrected chi connectivity index (χ1v) is 5.17. The van der Waals surface area contributed by atoms with Gasteiger partial charge < -0.3 is 5.32 Å². The summed E-state index contributed by atoms with van der Waals surface area (Å²) in [6.45, 7) is 3.99. The Bertz CT molecular complexity index is 368. The molecule has 4 heteroatoms. The second kappa shape index (κ2) is 5.12. The Balaban J connectivity index is 2.86. The molecule has 0 fully saturated rings. The van der Waals surface area contributed by atoms with Crippen LogP contribution in [0.5, 0.6) is 0 Å². The standard InChI is InChI=1S/C11H13ClFNO/c1-3-14-11(15)10(12)8-4-5-9(13)7(2)6-8/h4-6,10H,3H2,1-2H3,(H,14,15). The molecule has 0 spiro atoms. The van der Waals surface area contributed by atoms with E-state index in [1.165, 1.54) is 12.1 Å². The van der Waals surface area contributed by atoms with Gasteiger partial charge in [-0.2, -0.15) is 0 Å². The smallest absolute Gasteiger partial charge is 0.242 e. The Hall–Kier alpha value is -1.09. The highest BCUT2D eigenvalue weighted by molar-refractivity contribution is 6.30. The minimum absolute atomic E-state index is 0.259. The van der Waals surface area contributed by atoms with Crippen molar-refractivity contribution in [3.05, 3.63) is 35.1 Å². The minimum atomic E-state index is -0.760. The van der Waals surface area contributed by atoms with Crippen molar-refractivity contribution in [1.29, 1.82) is 0 Å². The molecule has 0 aliphatic carbocycles. The molecule has 1 atom stereocenters. The van der Waals surface area contributed by atoms with E-state index in [4.69, 9.17) is 11.6 Å². The van der Waals surface area contributed by atoms with Gasteiger partial charge in [0.25, 0.3) is 0 Å². The van der Waals surface area contributed by atoms with Gasteiger partial charge in [0.15, 0.2) is 0 Å². The molecule has 0 aliphatic rings. The number of nitrogens with one attached hydrogen (secondary N) is 1. The lowest BCUT2D eigenvalue weighted by molar-refractivity contribution is -0.120. The maximum absolute atomic E-state index is 13.0. The van der Waals surface area contributed by atoms with Gasteiger partial charge in [-0.25, -0.2) is 4.39 Å². The Morgan fingerprint density at radius 1 is 1.60 bits per heavy atom. The van der Waals surface area contributed by atoms with Crippen LogP contribution in [-0.4, -0.2) is 12.5 Å². The van der Waals surface area contributed by atoms with Gasteiger partial charge in [-0.3, -0.25) is 4.79 Å². The third-order valence-corrected chi connectivity index (χ3v) is 2.51. The van der Waals surface area contributed by atoms with Gasteiger partial charge in [-0.15, -0.1) is 11.6 Å². The topological polar surface area (TPSA) is 29.1 Å². The highest BCUT2D eigenvalue weighted by Crippen LogP contribution is 2.22. The van der Waals surface area contributed by atoms with Crippen molar-refractivity contribution in [2.45, 2.75) is 19.2 Å². The molecule has 1 aromatic carbocycles. The van der Waals surface area contributed by atoms with Crippen LogP contribution in [0.1, 0.15) is 23.4 Å². The first kappa shape index (κ1) is 12.0. The predicted octanol–water partition coefficient (Wildman–Crippen LogP) is 2.55. The molecule has 82 valence electrons. The first-order chi connectivity index (χ1) is 7.06. The number of benzene rings is 1. The fourth-order valence-corrected chi connectivity index (χ4v) is 1.45. The summed E-state index contributed by atoms with van der Waals surface area (Å²) >= 11 is 5.93. The normalized spacial score (nSPS) is 12.3. The highest BCUT2D eigenvalue weighted by Gasteiger charge is 2.17. The maximum Gasteiger partial charge on any atom is 0.242 e. The van der Waals surface area contributed by atoms with Crippen LogP contribution >= 0.6 is 11.6 Å². The van der Waals surface area contributed by atoms with Crippen LogP contribution in [0.25, 0.3) is 0 Å². The SMILES string of the molecule is CCNC(=O)C(Cl)c1ccc(F)c(C)c1. The van der Waals surface area contributed by atoms with E-state index in [1.807, 2.05) is 6.92 Å². The largest absolute Gasteiger partial charge is 0.355 e. The van der Waals surface area contributed by atoms with Crippen molar-refractivity contribution in [1.82, 2.24) is 5.32 Å². The second-order valence-electron chi connectivity index (χ2n) is 3.27. The molecular formula is C11H13ClFNO. The quantitative estimate of drug-likeness (QED) is 0.793. The summed E-state index contributed by atoms with van der Waals surface area (Å²) in [6, 6.07) is 4.43. The van der Waals surface area contributed by atoms with Gasteiger partial charge in [0.05, 0.1) is 0 Å². The van der Waals surface area contributed by atoms with E-state index in [-0.39, 0.29) is 11.7 Å². The summed E-state index contributed by atoms with van der Waals surface area (Å²) in [5, 5.41) is 1.85. The summed E-state index contributed by atoms with van der Waals surface area (Å²) in [5.41, 5.74) is 1.10. The zero-order chi connectivity index (χ0) is 11.4. The lowest BCUT2D eigenvalue weighted by Gasteiger charge is -2.10. The van der Waals surface area contributed by atoms with E-state index < -0.39 is 5.38 Å². The van der Waals surface area contributed by atoms with E-state index in [0.29, 0.717) is 17.7 Å². The van der Waals surface area contributed by atoms with Crippen molar-refractivity contribution < 1.29 is 9.18 Å². The minimum Gasteiger partial charge on any atom is -0.355 e. The third kappa shape index (κ3) is 2.93. The number of carbonyl (C=O) groups excluding carboxylic acids is 1. The monoisotopic (exact) mass is 229 g/mol. The molecule has 1 rings (SSSR count). The number of hydrogen-bond donors (Lipinski definition) is 1. The van der Waals surface area contributed by atoms with Crippen LogP contribution in [-0.2, 0) is 4.79 Å². The Morgan fingerprint density at radius 3 is 2.80 bits per heavy atom. The number of carbonyl (C=O) groups is 1. The maximum atomic E-state index is 13.0. The fraction of sp³-hybridized carbons (Fsp3) is 0.364. The van der Waals surface area contributed by atoms with Crippen LogP contribution in [0.2, 0.25) is 0 Å². The summed E-state index contributed by atoms with van der Waals surface area (Å²) in [4.78, 5) is 11.4. The number of amides is 1. The average Bonchev–Trinajstić information content (AvgIpc) is 2.21. The van der Waals surface area contributed by atoms with Crippen molar-refractivity contribution in [2.24, 2.45) is 0 Å². The Morgan fingerprint density at radius 2 is 2.27 bits per heavy atom. The molecule has 1 amide bonds. The van der Waals surface area contributed by atoms with Crippen molar-refractivity contribution >= 4 is 17.5 Å². The predicted molar refractivity (Wildman–Crippen MR) is 58.4 cm³/mol. The number of likely N-dealkylation sites (N-methyl/N-ethyl adjacent to an activating group) is 1. The lowest BCUT2D eigenvalue weighted by atomic mass is 10.1. The van der Waals surface area contributed by atoms with Gasteiger partial charge in [-0.05, 0) is 31.0 Å². The lowest BCUT2D eigenvalue weighted by Crippen LogP contribution is -2.26. The molecule has 0 aliphatic heterocycles. The number of aryl methyl sites for hydroxylation is 1. The van der Waals surface area contributed by atoms with Crippen molar-refractivity contribution in [3.63, 3.8) is 0 Å². The van der Waals surface area contributed by atoms with E-state index in [0.717, 1.165) is 0 Å². The molecule has 0 saturated carbocycles. The molecule has 0 heterocycles. The number of rotatable bonds is 3. The van der Waals surface area contributed by atoms with Crippen LogP contribution < -0.4 is 5.32 Å². The zero-order valence-corrected chi connectivity index (χ0v) is 9.44. The van der Waals surface area contributed by atoms with Crippen molar-refractivity contribution in [3.8, 4) is 0 Å². The molecule has 1 unspecified atom stereocenters. The first-order valence-electron chi connectivity index (χ1n) is 4.74. The van der Waals surface area contributed by atoms with E-state index in [9.17, 15) is 9.18 Å². The Labute approximate surface area is 93.4 Å². The second-order valence-corrected chi connectivity index (χ2v) is 3.70. The molecular weight excluding hydrogens is 217 g/mol. The zero-order valence-electron chi connectivity index (χ0n) is 8.68.